The van der Waals surface area contributed by atoms with E-state index in [1.54, 1.807) is 13.3 Å². The van der Waals surface area contributed by atoms with E-state index in [-0.39, 0.29) is 11.9 Å². The minimum atomic E-state index is -0.572. The molecule has 1 unspecified atom stereocenters. The fourth-order valence-corrected chi connectivity index (χ4v) is 4.31. The van der Waals surface area contributed by atoms with Gasteiger partial charge in [0.25, 0.3) is 5.91 Å². The van der Waals surface area contributed by atoms with Crippen LogP contribution in [0.1, 0.15) is 37.4 Å². The van der Waals surface area contributed by atoms with E-state index >= 15 is 0 Å². The summed E-state index contributed by atoms with van der Waals surface area (Å²) in [5.41, 5.74) is 2.84. The summed E-state index contributed by atoms with van der Waals surface area (Å²) in [7, 11) is 1.57. The van der Waals surface area contributed by atoms with Crippen LogP contribution in [0.25, 0.3) is 10.9 Å². The van der Waals surface area contributed by atoms with Crippen LogP contribution in [-0.4, -0.2) is 30.1 Å². The summed E-state index contributed by atoms with van der Waals surface area (Å²) in [6.07, 6.45) is 5.09. The molecule has 2 N–H and O–H groups in total. The Morgan fingerprint density at radius 2 is 1.80 bits per heavy atom. The fraction of sp³-hybridized carbons (Fsp3) is 0.333. The SMILES string of the molecule is COC(C(=O)NC1CCC(Nc2ccnc3cc(Cl)ccc23)CC1)c1ccccc1. The third-order valence-electron chi connectivity index (χ3n) is 5.71. The number of halogens is 1. The number of hydrogen-bond acceptors (Lipinski definition) is 4. The number of fused-ring (bicyclic) bond motifs is 1. The molecule has 0 radical (unpaired) electrons. The molecule has 1 aromatic heterocycles. The molecule has 0 bridgehead atoms. The lowest BCUT2D eigenvalue weighted by Gasteiger charge is -2.31. The van der Waals surface area contributed by atoms with Crippen LogP contribution >= 0.6 is 11.6 Å². The lowest BCUT2D eigenvalue weighted by Crippen LogP contribution is -2.42. The van der Waals surface area contributed by atoms with E-state index in [0.29, 0.717) is 11.1 Å². The van der Waals surface area contributed by atoms with E-state index in [9.17, 15) is 4.79 Å². The Kier molecular flexibility index (Phi) is 6.50. The van der Waals surface area contributed by atoms with Gasteiger partial charge in [0, 0.05) is 41.5 Å². The van der Waals surface area contributed by atoms with Crippen LogP contribution in [0.5, 0.6) is 0 Å². The summed E-state index contributed by atoms with van der Waals surface area (Å²) in [5, 5.41) is 8.59. The Morgan fingerprint density at radius 1 is 1.07 bits per heavy atom. The Labute approximate surface area is 181 Å². The Bertz CT molecular complexity index is 1000. The molecular formula is C24H26ClN3O2. The number of carbonyl (C=O) groups excluding carboxylic acids is 1. The number of pyridine rings is 1. The van der Waals surface area contributed by atoms with Gasteiger partial charge in [0.1, 0.15) is 0 Å². The number of carbonyl (C=O) groups is 1. The number of anilines is 1. The number of nitrogens with one attached hydrogen (secondary N) is 2. The van der Waals surface area contributed by atoms with Crippen LogP contribution in [0.15, 0.2) is 60.8 Å². The maximum Gasteiger partial charge on any atom is 0.253 e. The second-order valence-electron chi connectivity index (χ2n) is 7.75. The van der Waals surface area contributed by atoms with E-state index in [0.717, 1.165) is 47.8 Å². The van der Waals surface area contributed by atoms with Crippen molar-refractivity contribution in [2.45, 2.75) is 43.9 Å². The van der Waals surface area contributed by atoms with Crippen molar-refractivity contribution in [3.63, 3.8) is 0 Å². The smallest absolute Gasteiger partial charge is 0.253 e. The average molecular weight is 424 g/mol. The second-order valence-corrected chi connectivity index (χ2v) is 8.18. The van der Waals surface area contributed by atoms with Crippen LogP contribution in [0.4, 0.5) is 5.69 Å². The number of benzene rings is 2. The van der Waals surface area contributed by atoms with Crippen molar-refractivity contribution in [3.8, 4) is 0 Å². The highest BCUT2D eigenvalue weighted by molar-refractivity contribution is 6.31. The van der Waals surface area contributed by atoms with Crippen LogP contribution in [-0.2, 0) is 9.53 Å². The Hall–Kier alpha value is -2.63. The lowest BCUT2D eigenvalue weighted by atomic mass is 9.90. The van der Waals surface area contributed by atoms with Crippen molar-refractivity contribution < 1.29 is 9.53 Å². The minimum Gasteiger partial charge on any atom is -0.382 e. The zero-order chi connectivity index (χ0) is 20.9. The maximum atomic E-state index is 12.7. The first-order valence-corrected chi connectivity index (χ1v) is 10.7. The molecule has 156 valence electrons. The molecule has 1 fully saturated rings. The number of rotatable bonds is 6. The Balaban J connectivity index is 1.34. The van der Waals surface area contributed by atoms with Crippen LogP contribution in [0, 0.1) is 0 Å². The largest absolute Gasteiger partial charge is 0.382 e. The number of methoxy groups -OCH3 is 1. The third kappa shape index (κ3) is 4.74. The Morgan fingerprint density at radius 3 is 2.53 bits per heavy atom. The van der Waals surface area contributed by atoms with Gasteiger partial charge in [0.15, 0.2) is 6.10 Å². The van der Waals surface area contributed by atoms with Gasteiger partial charge in [-0.1, -0.05) is 41.9 Å². The quantitative estimate of drug-likeness (QED) is 0.578. The van der Waals surface area contributed by atoms with Crippen molar-refractivity contribution in [2.75, 3.05) is 12.4 Å². The molecule has 6 heteroatoms. The first-order valence-electron chi connectivity index (χ1n) is 10.3. The molecule has 30 heavy (non-hydrogen) atoms. The van der Waals surface area contributed by atoms with E-state index in [2.05, 4.69) is 15.6 Å². The molecule has 5 nitrogen and oxygen atoms in total. The summed E-state index contributed by atoms with van der Waals surface area (Å²) < 4.78 is 5.45. The summed E-state index contributed by atoms with van der Waals surface area (Å²) >= 11 is 6.09. The van der Waals surface area contributed by atoms with E-state index < -0.39 is 6.10 Å². The van der Waals surface area contributed by atoms with Gasteiger partial charge in [-0.25, -0.2) is 0 Å². The number of hydrogen-bond donors (Lipinski definition) is 2. The summed E-state index contributed by atoms with van der Waals surface area (Å²) in [4.78, 5) is 17.1. The molecule has 1 atom stereocenters. The molecule has 1 aliphatic carbocycles. The van der Waals surface area contributed by atoms with Crippen molar-refractivity contribution >= 4 is 34.1 Å². The topological polar surface area (TPSA) is 63.2 Å². The molecular weight excluding hydrogens is 398 g/mol. The van der Waals surface area contributed by atoms with Gasteiger partial charge in [-0.05, 0) is 55.5 Å². The maximum absolute atomic E-state index is 12.7. The summed E-state index contributed by atoms with van der Waals surface area (Å²) in [6, 6.07) is 17.9. The van der Waals surface area contributed by atoms with E-state index in [4.69, 9.17) is 16.3 Å². The van der Waals surface area contributed by atoms with Crippen LogP contribution in [0.2, 0.25) is 5.02 Å². The normalized spacial score (nSPS) is 19.9. The number of aromatic nitrogens is 1. The van der Waals surface area contributed by atoms with Crippen molar-refractivity contribution in [1.82, 2.24) is 10.3 Å². The fourth-order valence-electron chi connectivity index (χ4n) is 4.15. The molecule has 1 amide bonds. The van der Waals surface area contributed by atoms with Crippen LogP contribution < -0.4 is 10.6 Å². The first-order chi connectivity index (χ1) is 14.6. The molecule has 1 saturated carbocycles. The van der Waals surface area contributed by atoms with E-state index in [1.807, 2.05) is 54.6 Å². The standard InChI is InChI=1S/C24H26ClN3O2/c1-30-23(16-5-3-2-4-6-16)24(29)28-19-10-8-18(9-11-19)27-21-13-14-26-22-15-17(25)7-12-20(21)22/h2-7,12-15,18-19,23H,8-11H2,1H3,(H,26,27)(H,28,29). The monoisotopic (exact) mass is 423 g/mol. The molecule has 0 aliphatic heterocycles. The summed E-state index contributed by atoms with van der Waals surface area (Å²) in [5.74, 6) is -0.0721. The van der Waals surface area contributed by atoms with Crippen LogP contribution in [0.3, 0.4) is 0 Å². The van der Waals surface area contributed by atoms with E-state index in [1.165, 1.54) is 0 Å². The average Bonchev–Trinajstić information content (AvgIpc) is 2.76. The highest BCUT2D eigenvalue weighted by atomic mass is 35.5. The third-order valence-corrected chi connectivity index (χ3v) is 5.95. The van der Waals surface area contributed by atoms with Gasteiger partial charge >= 0.3 is 0 Å². The second kappa shape index (κ2) is 9.45. The van der Waals surface area contributed by atoms with Gasteiger partial charge in [0.2, 0.25) is 0 Å². The minimum absolute atomic E-state index is 0.0721. The predicted molar refractivity (Wildman–Crippen MR) is 121 cm³/mol. The number of amides is 1. The van der Waals surface area contributed by atoms with Gasteiger partial charge < -0.3 is 15.4 Å². The molecule has 0 saturated heterocycles. The highest BCUT2D eigenvalue weighted by Crippen LogP contribution is 2.28. The van der Waals surface area contributed by atoms with Gasteiger partial charge in [-0.3, -0.25) is 9.78 Å². The molecule has 4 rings (SSSR count). The van der Waals surface area contributed by atoms with Gasteiger partial charge in [-0.15, -0.1) is 0 Å². The predicted octanol–water partition coefficient (Wildman–Crippen LogP) is 5.12. The van der Waals surface area contributed by atoms with Crippen molar-refractivity contribution in [2.24, 2.45) is 0 Å². The summed E-state index contributed by atoms with van der Waals surface area (Å²) in [6.45, 7) is 0. The first kappa shape index (κ1) is 20.6. The van der Waals surface area contributed by atoms with Crippen molar-refractivity contribution in [3.05, 3.63) is 71.4 Å². The molecule has 1 aliphatic rings. The zero-order valence-electron chi connectivity index (χ0n) is 17.0. The number of ether oxygens (including phenoxy) is 1. The van der Waals surface area contributed by atoms with Gasteiger partial charge in [-0.2, -0.15) is 0 Å². The lowest BCUT2D eigenvalue weighted by molar-refractivity contribution is -0.132. The molecule has 0 spiro atoms. The number of nitrogens with zero attached hydrogens (tertiary/aromatic N) is 1. The molecule has 1 heterocycles. The zero-order valence-corrected chi connectivity index (χ0v) is 17.7. The van der Waals surface area contributed by atoms with Gasteiger partial charge in [0.05, 0.1) is 5.52 Å². The van der Waals surface area contributed by atoms with Crippen molar-refractivity contribution in [1.29, 1.82) is 0 Å². The molecule has 2 aromatic carbocycles. The molecule has 3 aromatic rings. The highest BCUT2D eigenvalue weighted by Gasteiger charge is 2.26.